The molecule has 0 aliphatic heterocycles. The second kappa shape index (κ2) is 6.34. The third-order valence-corrected chi connectivity index (χ3v) is 2.86. The molecule has 2 rings (SSSR count). The van der Waals surface area contributed by atoms with Crippen molar-refractivity contribution in [2.75, 3.05) is 13.7 Å². The van der Waals surface area contributed by atoms with Crippen molar-refractivity contribution in [1.82, 2.24) is 4.98 Å². The summed E-state index contributed by atoms with van der Waals surface area (Å²) < 4.78 is 24.5. The van der Waals surface area contributed by atoms with E-state index in [0.29, 0.717) is 34.9 Å². The predicted molar refractivity (Wildman–Crippen MR) is 73.3 cm³/mol. The average molecular weight is 277 g/mol. The van der Waals surface area contributed by atoms with Crippen LogP contribution in [0.1, 0.15) is 12.5 Å². The summed E-state index contributed by atoms with van der Waals surface area (Å²) in [6.07, 6.45) is 1.11. The van der Waals surface area contributed by atoms with Gasteiger partial charge in [-0.1, -0.05) is 12.1 Å². The minimum absolute atomic E-state index is 0.0947. The number of aliphatic hydroxyl groups excluding tert-OH is 1. The molecule has 0 saturated heterocycles. The van der Waals surface area contributed by atoms with Gasteiger partial charge < -0.3 is 14.6 Å². The highest BCUT2D eigenvalue weighted by Gasteiger charge is 2.13. The van der Waals surface area contributed by atoms with E-state index in [2.05, 4.69) is 4.98 Å². The van der Waals surface area contributed by atoms with Gasteiger partial charge in [0.05, 0.1) is 26.5 Å². The Morgan fingerprint density at radius 2 is 2.05 bits per heavy atom. The van der Waals surface area contributed by atoms with E-state index >= 15 is 0 Å². The normalized spacial score (nSPS) is 10.4. The first-order chi connectivity index (χ1) is 9.69. The van der Waals surface area contributed by atoms with Gasteiger partial charge in [-0.2, -0.15) is 0 Å². The molecule has 0 bridgehead atoms. The van der Waals surface area contributed by atoms with Gasteiger partial charge in [-0.05, 0) is 18.6 Å². The highest BCUT2D eigenvalue weighted by Crippen LogP contribution is 2.34. The average Bonchev–Trinajstić information content (AvgIpc) is 2.48. The van der Waals surface area contributed by atoms with E-state index in [4.69, 9.17) is 14.6 Å². The Labute approximate surface area is 116 Å². The Kier molecular flexibility index (Phi) is 4.53. The first kappa shape index (κ1) is 14.3. The van der Waals surface area contributed by atoms with Gasteiger partial charge in [0, 0.05) is 17.2 Å². The summed E-state index contributed by atoms with van der Waals surface area (Å²) in [6.45, 7) is 2.20. The molecule has 0 atom stereocenters. The number of methoxy groups -OCH3 is 1. The fraction of sp³-hybridized carbons (Fsp3) is 0.267. The Morgan fingerprint density at radius 1 is 1.25 bits per heavy atom. The van der Waals surface area contributed by atoms with Crippen molar-refractivity contribution >= 4 is 0 Å². The first-order valence-corrected chi connectivity index (χ1v) is 6.26. The number of pyridine rings is 1. The summed E-state index contributed by atoms with van der Waals surface area (Å²) in [5.41, 5.74) is 1.66. The molecule has 0 aliphatic rings. The van der Waals surface area contributed by atoms with Crippen LogP contribution in [0.5, 0.6) is 11.6 Å². The zero-order chi connectivity index (χ0) is 14.5. The van der Waals surface area contributed by atoms with E-state index < -0.39 is 5.82 Å². The number of aliphatic hydroxyl groups is 1. The maximum absolute atomic E-state index is 14.0. The Morgan fingerprint density at radius 3 is 2.70 bits per heavy atom. The SMILES string of the molecule is CCOc1cc(CO)ccc1-c1cc(OC)ncc1F. The molecule has 106 valence electrons. The summed E-state index contributed by atoms with van der Waals surface area (Å²) in [5, 5.41) is 9.17. The standard InChI is InChI=1S/C15H16FNO3/c1-3-20-14-6-10(9-18)4-5-11(14)12-7-15(19-2)17-8-13(12)16/h4-8,18H,3,9H2,1-2H3. The molecule has 0 unspecified atom stereocenters. The van der Waals surface area contributed by atoms with Crippen molar-refractivity contribution in [3.05, 3.63) is 41.8 Å². The molecule has 0 amide bonds. The van der Waals surface area contributed by atoms with Gasteiger partial charge in [-0.25, -0.2) is 9.37 Å². The summed E-state index contributed by atoms with van der Waals surface area (Å²) in [5.74, 6) is 0.393. The number of rotatable bonds is 5. The lowest BCUT2D eigenvalue weighted by atomic mass is 10.0. The number of aromatic nitrogens is 1. The third-order valence-electron chi connectivity index (χ3n) is 2.86. The van der Waals surface area contributed by atoms with Crippen molar-refractivity contribution in [1.29, 1.82) is 0 Å². The molecule has 0 radical (unpaired) electrons. The van der Waals surface area contributed by atoms with E-state index in [9.17, 15) is 4.39 Å². The number of halogens is 1. The molecule has 4 nitrogen and oxygen atoms in total. The minimum Gasteiger partial charge on any atom is -0.493 e. The first-order valence-electron chi connectivity index (χ1n) is 6.26. The molecule has 0 fully saturated rings. The van der Waals surface area contributed by atoms with E-state index in [-0.39, 0.29) is 6.61 Å². The Bertz CT molecular complexity index is 602. The number of ether oxygens (including phenoxy) is 2. The van der Waals surface area contributed by atoms with Crippen molar-refractivity contribution in [3.63, 3.8) is 0 Å². The van der Waals surface area contributed by atoms with Gasteiger partial charge in [-0.15, -0.1) is 0 Å². The van der Waals surface area contributed by atoms with Crippen molar-refractivity contribution < 1.29 is 19.0 Å². The quantitative estimate of drug-likeness (QED) is 0.913. The topological polar surface area (TPSA) is 51.6 Å². The summed E-state index contributed by atoms with van der Waals surface area (Å²) in [6, 6.07) is 6.66. The number of hydrogen-bond donors (Lipinski definition) is 1. The van der Waals surface area contributed by atoms with Crippen LogP contribution in [-0.2, 0) is 6.61 Å². The number of benzene rings is 1. The van der Waals surface area contributed by atoms with Gasteiger partial charge in [0.25, 0.3) is 0 Å². The summed E-state index contributed by atoms with van der Waals surface area (Å²) in [7, 11) is 1.47. The van der Waals surface area contributed by atoms with Gasteiger partial charge >= 0.3 is 0 Å². The van der Waals surface area contributed by atoms with Crippen molar-refractivity contribution in [3.8, 4) is 22.8 Å². The van der Waals surface area contributed by atoms with Crippen LogP contribution in [0.3, 0.4) is 0 Å². The molecule has 20 heavy (non-hydrogen) atoms. The lowest BCUT2D eigenvalue weighted by Gasteiger charge is -2.13. The molecular formula is C15H16FNO3. The lowest BCUT2D eigenvalue weighted by Crippen LogP contribution is -1.98. The van der Waals surface area contributed by atoms with Crippen LogP contribution < -0.4 is 9.47 Å². The summed E-state index contributed by atoms with van der Waals surface area (Å²) in [4.78, 5) is 3.81. The molecule has 1 aromatic carbocycles. The molecule has 2 aromatic rings. The fourth-order valence-corrected chi connectivity index (χ4v) is 1.90. The summed E-state index contributed by atoms with van der Waals surface area (Å²) >= 11 is 0. The second-order valence-corrected chi connectivity index (χ2v) is 4.13. The molecule has 0 saturated carbocycles. The van der Waals surface area contributed by atoms with Crippen molar-refractivity contribution in [2.45, 2.75) is 13.5 Å². The highest BCUT2D eigenvalue weighted by atomic mass is 19.1. The largest absolute Gasteiger partial charge is 0.493 e. The monoisotopic (exact) mass is 277 g/mol. The fourth-order valence-electron chi connectivity index (χ4n) is 1.90. The van der Waals surface area contributed by atoms with E-state index in [0.717, 1.165) is 6.20 Å². The van der Waals surface area contributed by atoms with Crippen LogP contribution in [0.15, 0.2) is 30.5 Å². The van der Waals surface area contributed by atoms with Crippen molar-refractivity contribution in [2.24, 2.45) is 0 Å². The van der Waals surface area contributed by atoms with E-state index in [1.54, 1.807) is 18.2 Å². The minimum atomic E-state index is -0.455. The number of hydrogen-bond acceptors (Lipinski definition) is 4. The van der Waals surface area contributed by atoms with Crippen LogP contribution in [0, 0.1) is 5.82 Å². The van der Waals surface area contributed by atoms with Crippen LogP contribution in [-0.4, -0.2) is 23.8 Å². The number of nitrogens with zero attached hydrogens (tertiary/aromatic N) is 1. The molecule has 0 spiro atoms. The Balaban J connectivity index is 2.56. The van der Waals surface area contributed by atoms with E-state index in [1.165, 1.54) is 13.2 Å². The Hall–Kier alpha value is -2.14. The van der Waals surface area contributed by atoms with Gasteiger partial charge in [0.2, 0.25) is 5.88 Å². The zero-order valence-corrected chi connectivity index (χ0v) is 11.4. The molecule has 0 aliphatic carbocycles. The van der Waals surface area contributed by atoms with Crippen LogP contribution in [0.25, 0.3) is 11.1 Å². The molecule has 5 heteroatoms. The predicted octanol–water partition coefficient (Wildman–Crippen LogP) is 2.79. The smallest absolute Gasteiger partial charge is 0.213 e. The maximum Gasteiger partial charge on any atom is 0.213 e. The van der Waals surface area contributed by atoms with Crippen LogP contribution in [0.4, 0.5) is 4.39 Å². The van der Waals surface area contributed by atoms with Gasteiger partial charge in [0.15, 0.2) is 0 Å². The zero-order valence-electron chi connectivity index (χ0n) is 11.4. The molecule has 1 heterocycles. The molecule has 1 N–H and O–H groups in total. The third kappa shape index (κ3) is 2.88. The highest BCUT2D eigenvalue weighted by molar-refractivity contribution is 5.72. The van der Waals surface area contributed by atoms with Crippen LogP contribution in [0.2, 0.25) is 0 Å². The molecule has 1 aromatic heterocycles. The van der Waals surface area contributed by atoms with Gasteiger partial charge in [0.1, 0.15) is 11.6 Å². The second-order valence-electron chi connectivity index (χ2n) is 4.13. The van der Waals surface area contributed by atoms with Gasteiger partial charge in [-0.3, -0.25) is 0 Å². The van der Waals surface area contributed by atoms with E-state index in [1.807, 2.05) is 6.92 Å². The lowest BCUT2D eigenvalue weighted by molar-refractivity contribution is 0.280. The van der Waals surface area contributed by atoms with Crippen LogP contribution >= 0.6 is 0 Å². The molecular weight excluding hydrogens is 261 g/mol. The maximum atomic E-state index is 14.0.